The van der Waals surface area contributed by atoms with Gasteiger partial charge in [0, 0.05) is 11.5 Å². The van der Waals surface area contributed by atoms with E-state index >= 15 is 0 Å². The van der Waals surface area contributed by atoms with Crippen LogP contribution in [0.3, 0.4) is 0 Å². The molecule has 126 valence electrons. The monoisotopic (exact) mass is 336 g/mol. The first-order chi connectivity index (χ1) is 12.1. The van der Waals surface area contributed by atoms with E-state index in [1.165, 1.54) is 11.0 Å². The number of nitrogens with zero attached hydrogens (tertiary/aromatic N) is 2. The van der Waals surface area contributed by atoms with Crippen molar-refractivity contribution in [2.45, 2.75) is 19.3 Å². The highest BCUT2D eigenvalue weighted by Gasteiger charge is 2.61. The third kappa shape index (κ3) is 1.79. The number of benzene rings is 2. The van der Waals surface area contributed by atoms with E-state index in [0.717, 1.165) is 19.3 Å². The van der Waals surface area contributed by atoms with Gasteiger partial charge in [0.1, 0.15) is 0 Å². The molecular formula is C19H16N2O4. The molecule has 1 aliphatic heterocycles. The molecule has 3 fully saturated rings. The Labute approximate surface area is 143 Å². The highest BCUT2D eigenvalue weighted by atomic mass is 16.6. The van der Waals surface area contributed by atoms with Crippen LogP contribution in [0, 0.1) is 33.8 Å². The maximum atomic E-state index is 13.0. The van der Waals surface area contributed by atoms with E-state index in [1.807, 2.05) is 0 Å². The number of hydrogen-bond acceptors (Lipinski definition) is 4. The van der Waals surface area contributed by atoms with Crippen molar-refractivity contribution in [3.63, 3.8) is 0 Å². The van der Waals surface area contributed by atoms with Crippen LogP contribution >= 0.6 is 0 Å². The minimum absolute atomic E-state index is 0.0151. The van der Waals surface area contributed by atoms with Crippen molar-refractivity contribution in [1.82, 2.24) is 0 Å². The first-order valence-corrected chi connectivity index (χ1v) is 8.62. The summed E-state index contributed by atoms with van der Waals surface area (Å²) in [7, 11) is 0. The third-order valence-electron chi connectivity index (χ3n) is 6.24. The second-order valence-corrected chi connectivity index (χ2v) is 7.30. The Kier molecular flexibility index (Phi) is 2.84. The van der Waals surface area contributed by atoms with Crippen LogP contribution in [-0.2, 0) is 9.59 Å². The number of hydrogen-bond donors (Lipinski definition) is 0. The van der Waals surface area contributed by atoms with Crippen molar-refractivity contribution in [1.29, 1.82) is 0 Å². The van der Waals surface area contributed by atoms with Crippen molar-refractivity contribution in [3.05, 3.63) is 46.5 Å². The average molecular weight is 336 g/mol. The fraction of sp³-hybridized carbons (Fsp3) is 0.368. The van der Waals surface area contributed by atoms with Gasteiger partial charge in [-0.15, -0.1) is 0 Å². The van der Waals surface area contributed by atoms with Gasteiger partial charge < -0.3 is 0 Å². The third-order valence-corrected chi connectivity index (χ3v) is 6.24. The summed E-state index contributed by atoms with van der Waals surface area (Å²) in [5.41, 5.74) is 0.462. The maximum Gasteiger partial charge on any atom is 0.277 e. The van der Waals surface area contributed by atoms with Crippen molar-refractivity contribution in [2.24, 2.45) is 23.7 Å². The minimum atomic E-state index is -0.436. The standard InChI is InChI=1S/C19H16N2O4/c22-18-16-10-5-6-11(9-10)17(16)19(23)20(18)14-7-8-15(21(24)25)13-4-2-1-3-12(13)14/h1-4,7-8,10-11,16-17H,5-6,9H2/t10-,11+,16+,17-. The van der Waals surface area contributed by atoms with E-state index in [9.17, 15) is 19.7 Å². The molecule has 25 heavy (non-hydrogen) atoms. The van der Waals surface area contributed by atoms with Crippen LogP contribution < -0.4 is 4.90 Å². The van der Waals surface area contributed by atoms with E-state index in [4.69, 9.17) is 0 Å². The number of carbonyl (C=O) groups is 2. The van der Waals surface area contributed by atoms with Gasteiger partial charge >= 0.3 is 0 Å². The maximum absolute atomic E-state index is 13.0. The zero-order chi connectivity index (χ0) is 17.3. The molecule has 0 aromatic heterocycles. The first-order valence-electron chi connectivity index (χ1n) is 8.62. The quantitative estimate of drug-likeness (QED) is 0.479. The predicted octanol–water partition coefficient (Wildman–Crippen LogP) is 3.28. The lowest BCUT2D eigenvalue weighted by Gasteiger charge is -2.19. The number of nitro benzene ring substituents is 1. The summed E-state index contributed by atoms with van der Waals surface area (Å²) in [6.45, 7) is 0. The van der Waals surface area contributed by atoms with Gasteiger partial charge in [-0.3, -0.25) is 19.7 Å². The van der Waals surface area contributed by atoms with Crippen LogP contribution in [0.2, 0.25) is 0 Å². The molecule has 2 amide bonds. The van der Waals surface area contributed by atoms with Gasteiger partial charge in [-0.25, -0.2) is 4.90 Å². The topological polar surface area (TPSA) is 80.5 Å². The van der Waals surface area contributed by atoms with Gasteiger partial charge in [0.25, 0.3) is 5.69 Å². The zero-order valence-electron chi connectivity index (χ0n) is 13.4. The van der Waals surface area contributed by atoms with Gasteiger partial charge in [0.2, 0.25) is 11.8 Å². The largest absolute Gasteiger partial charge is 0.277 e. The number of imide groups is 1. The smallest absolute Gasteiger partial charge is 0.274 e. The van der Waals surface area contributed by atoms with Crippen LogP contribution in [0.15, 0.2) is 36.4 Å². The summed E-state index contributed by atoms with van der Waals surface area (Å²) >= 11 is 0. The predicted molar refractivity (Wildman–Crippen MR) is 90.9 cm³/mol. The fourth-order valence-electron chi connectivity index (χ4n) is 5.27. The molecule has 4 atom stereocenters. The molecule has 0 spiro atoms. The van der Waals surface area contributed by atoms with Gasteiger partial charge in [-0.1, -0.05) is 18.2 Å². The Bertz CT molecular complexity index is 926. The van der Waals surface area contributed by atoms with E-state index in [1.54, 1.807) is 30.3 Å². The zero-order valence-corrected chi connectivity index (χ0v) is 13.4. The molecular weight excluding hydrogens is 320 g/mol. The molecule has 2 saturated carbocycles. The van der Waals surface area contributed by atoms with Gasteiger partial charge in [0.05, 0.1) is 27.8 Å². The van der Waals surface area contributed by atoms with Crippen LogP contribution in [-0.4, -0.2) is 16.7 Å². The molecule has 2 aliphatic carbocycles. The molecule has 3 aliphatic rings. The Hall–Kier alpha value is -2.76. The molecule has 2 aromatic rings. The van der Waals surface area contributed by atoms with E-state index in [-0.39, 0.29) is 29.3 Å². The summed E-state index contributed by atoms with van der Waals surface area (Å²) in [6, 6.07) is 9.82. The average Bonchev–Trinajstić information content (AvgIpc) is 3.28. The molecule has 0 radical (unpaired) electrons. The molecule has 5 rings (SSSR count). The first kappa shape index (κ1) is 14.6. The number of amides is 2. The van der Waals surface area contributed by atoms with E-state index in [2.05, 4.69) is 0 Å². The molecule has 0 N–H and O–H groups in total. The summed E-state index contributed by atoms with van der Waals surface area (Å²) in [5, 5.41) is 12.3. The number of anilines is 1. The van der Waals surface area contributed by atoms with Crippen molar-refractivity contribution in [3.8, 4) is 0 Å². The summed E-state index contributed by atoms with van der Waals surface area (Å²) in [5.74, 6) is 0.00402. The van der Waals surface area contributed by atoms with Crippen LogP contribution in [0.5, 0.6) is 0 Å². The van der Waals surface area contributed by atoms with Crippen LogP contribution in [0.25, 0.3) is 10.8 Å². The number of nitro groups is 1. The molecule has 6 nitrogen and oxygen atoms in total. The van der Waals surface area contributed by atoms with Crippen molar-refractivity contribution in [2.75, 3.05) is 4.90 Å². The molecule has 1 saturated heterocycles. The lowest BCUT2D eigenvalue weighted by molar-refractivity contribution is -0.383. The minimum Gasteiger partial charge on any atom is -0.274 e. The van der Waals surface area contributed by atoms with E-state index < -0.39 is 4.92 Å². The highest BCUT2D eigenvalue weighted by molar-refractivity contribution is 6.25. The Balaban J connectivity index is 1.67. The number of carbonyl (C=O) groups excluding carboxylic acids is 2. The second-order valence-electron chi connectivity index (χ2n) is 7.30. The SMILES string of the molecule is O=C1[C@@H]2[C@H]3CC[C@H](C3)[C@@H]2C(=O)N1c1ccc([N+](=O)[O-])c2ccccc12. The molecule has 6 heteroatoms. The number of fused-ring (bicyclic) bond motifs is 6. The molecule has 1 heterocycles. The number of rotatable bonds is 2. The lowest BCUT2D eigenvalue weighted by Crippen LogP contribution is -2.32. The summed E-state index contributed by atoms with van der Waals surface area (Å²) < 4.78 is 0. The second kappa shape index (κ2) is 4.88. The Morgan fingerprint density at radius 1 is 0.920 bits per heavy atom. The number of non-ortho nitro benzene ring substituents is 1. The van der Waals surface area contributed by atoms with Crippen molar-refractivity contribution >= 4 is 34.0 Å². The molecule has 2 aromatic carbocycles. The molecule has 2 bridgehead atoms. The highest BCUT2D eigenvalue weighted by Crippen LogP contribution is 2.57. The van der Waals surface area contributed by atoms with Crippen LogP contribution in [0.1, 0.15) is 19.3 Å². The van der Waals surface area contributed by atoms with Gasteiger partial charge in [-0.2, -0.15) is 0 Å². The normalized spacial score (nSPS) is 30.3. The van der Waals surface area contributed by atoms with Gasteiger partial charge in [0.15, 0.2) is 0 Å². The van der Waals surface area contributed by atoms with E-state index in [0.29, 0.717) is 28.3 Å². The Morgan fingerprint density at radius 2 is 1.52 bits per heavy atom. The summed E-state index contributed by atoms with van der Waals surface area (Å²) in [6.07, 6.45) is 3.04. The lowest BCUT2D eigenvalue weighted by atomic mass is 9.81. The van der Waals surface area contributed by atoms with Gasteiger partial charge in [-0.05, 0) is 43.2 Å². The van der Waals surface area contributed by atoms with Crippen LogP contribution in [0.4, 0.5) is 11.4 Å². The van der Waals surface area contributed by atoms with Crippen molar-refractivity contribution < 1.29 is 14.5 Å². The fourth-order valence-corrected chi connectivity index (χ4v) is 5.27. The Morgan fingerprint density at radius 3 is 2.12 bits per heavy atom. The molecule has 0 unspecified atom stereocenters. The summed E-state index contributed by atoms with van der Waals surface area (Å²) in [4.78, 5) is 38.2.